The third kappa shape index (κ3) is 3.19. The number of likely N-dealkylation sites (tertiary alicyclic amines) is 1. The van der Waals surface area contributed by atoms with Crippen molar-refractivity contribution < 1.29 is 4.79 Å². The van der Waals surface area contributed by atoms with E-state index < -0.39 is 0 Å². The molecule has 1 aromatic carbocycles. The van der Waals surface area contributed by atoms with Gasteiger partial charge in [-0.1, -0.05) is 36.8 Å². The molecule has 0 spiro atoms. The molecule has 4 heteroatoms. The molecule has 0 saturated carbocycles. The molecule has 2 rings (SSSR count). The van der Waals surface area contributed by atoms with Gasteiger partial charge in [0.05, 0.1) is 5.92 Å². The first-order chi connectivity index (χ1) is 9.52. The zero-order valence-electron chi connectivity index (χ0n) is 12.4. The number of nitrogens with zero attached hydrogens (tertiary/aromatic N) is 1. The molecule has 0 bridgehead atoms. The van der Waals surface area contributed by atoms with Crippen LogP contribution in [0.15, 0.2) is 24.3 Å². The van der Waals surface area contributed by atoms with Gasteiger partial charge in [0.1, 0.15) is 0 Å². The minimum atomic E-state index is -0.194. The van der Waals surface area contributed by atoms with Gasteiger partial charge < -0.3 is 11.5 Å². The lowest BCUT2D eigenvalue weighted by Gasteiger charge is -2.32. The quantitative estimate of drug-likeness (QED) is 0.857. The van der Waals surface area contributed by atoms with Crippen LogP contribution in [-0.4, -0.2) is 29.9 Å². The summed E-state index contributed by atoms with van der Waals surface area (Å²) in [6.07, 6.45) is 1.75. The van der Waals surface area contributed by atoms with E-state index in [-0.39, 0.29) is 23.9 Å². The minimum absolute atomic E-state index is 0.0352. The minimum Gasteiger partial charge on any atom is -0.369 e. The molecule has 0 aromatic heterocycles. The fourth-order valence-electron chi connectivity index (χ4n) is 2.99. The molecule has 0 radical (unpaired) electrons. The van der Waals surface area contributed by atoms with E-state index in [1.54, 1.807) is 0 Å². The predicted octanol–water partition coefficient (Wildman–Crippen LogP) is 1.58. The van der Waals surface area contributed by atoms with Crippen LogP contribution in [0.4, 0.5) is 0 Å². The Morgan fingerprint density at radius 1 is 1.40 bits per heavy atom. The molecule has 1 aliphatic rings. The molecule has 1 aliphatic heterocycles. The van der Waals surface area contributed by atoms with Gasteiger partial charge in [-0.05, 0) is 31.9 Å². The smallest absolute Gasteiger partial charge is 0.221 e. The first-order valence-electron chi connectivity index (χ1n) is 7.38. The fourth-order valence-corrected chi connectivity index (χ4v) is 2.99. The Labute approximate surface area is 121 Å². The summed E-state index contributed by atoms with van der Waals surface area (Å²) in [5.41, 5.74) is 14.2. The van der Waals surface area contributed by atoms with E-state index in [1.165, 1.54) is 11.1 Å². The number of rotatable bonds is 5. The van der Waals surface area contributed by atoms with E-state index in [9.17, 15) is 4.79 Å². The summed E-state index contributed by atoms with van der Waals surface area (Å²) in [6, 6.07) is 8.77. The maximum absolute atomic E-state index is 11.4. The fraction of sp³-hybridized carbons (Fsp3) is 0.562. The molecule has 20 heavy (non-hydrogen) atoms. The lowest BCUT2D eigenvalue weighted by atomic mass is 9.96. The van der Waals surface area contributed by atoms with E-state index in [0.29, 0.717) is 0 Å². The number of carbonyl (C=O) groups excluding carboxylic acids is 1. The van der Waals surface area contributed by atoms with Crippen LogP contribution in [0, 0.1) is 12.8 Å². The highest BCUT2D eigenvalue weighted by Gasteiger charge is 2.34. The van der Waals surface area contributed by atoms with Crippen molar-refractivity contribution in [2.24, 2.45) is 17.4 Å². The van der Waals surface area contributed by atoms with Crippen LogP contribution >= 0.6 is 0 Å². The van der Waals surface area contributed by atoms with Gasteiger partial charge in [0.25, 0.3) is 0 Å². The monoisotopic (exact) mass is 275 g/mol. The summed E-state index contributed by atoms with van der Waals surface area (Å²) in [4.78, 5) is 13.7. The van der Waals surface area contributed by atoms with E-state index in [2.05, 4.69) is 43.0 Å². The second-order valence-corrected chi connectivity index (χ2v) is 5.81. The third-order valence-corrected chi connectivity index (χ3v) is 4.31. The van der Waals surface area contributed by atoms with Gasteiger partial charge in [0.2, 0.25) is 5.91 Å². The number of amides is 1. The third-order valence-electron chi connectivity index (χ3n) is 4.31. The van der Waals surface area contributed by atoms with E-state index in [4.69, 9.17) is 11.5 Å². The van der Waals surface area contributed by atoms with Crippen LogP contribution in [0.1, 0.15) is 36.9 Å². The molecule has 4 nitrogen and oxygen atoms in total. The molecule has 1 saturated heterocycles. The maximum atomic E-state index is 11.4. The van der Waals surface area contributed by atoms with Gasteiger partial charge in [-0.25, -0.2) is 0 Å². The van der Waals surface area contributed by atoms with Crippen molar-refractivity contribution in [3.63, 3.8) is 0 Å². The molecule has 3 unspecified atom stereocenters. The highest BCUT2D eigenvalue weighted by Crippen LogP contribution is 2.30. The van der Waals surface area contributed by atoms with Crippen molar-refractivity contribution in [3.8, 4) is 0 Å². The molecule has 1 amide bonds. The second kappa shape index (κ2) is 6.37. The zero-order valence-corrected chi connectivity index (χ0v) is 12.4. The second-order valence-electron chi connectivity index (χ2n) is 5.81. The van der Waals surface area contributed by atoms with Crippen molar-refractivity contribution >= 4 is 5.91 Å². The van der Waals surface area contributed by atoms with Crippen molar-refractivity contribution in [2.75, 3.05) is 13.1 Å². The largest absolute Gasteiger partial charge is 0.369 e. The normalized spacial score (nSPS) is 22.6. The molecule has 0 aliphatic carbocycles. The Morgan fingerprint density at radius 3 is 2.55 bits per heavy atom. The van der Waals surface area contributed by atoms with Gasteiger partial charge in [-0.2, -0.15) is 0 Å². The Morgan fingerprint density at radius 2 is 2.05 bits per heavy atom. The number of nitrogens with two attached hydrogens (primary N) is 2. The first-order valence-corrected chi connectivity index (χ1v) is 7.38. The molecule has 1 aromatic rings. The van der Waals surface area contributed by atoms with Crippen LogP contribution in [0.2, 0.25) is 0 Å². The van der Waals surface area contributed by atoms with E-state index in [0.717, 1.165) is 25.9 Å². The molecule has 4 N–H and O–H groups in total. The van der Waals surface area contributed by atoms with Gasteiger partial charge in [-0.15, -0.1) is 0 Å². The summed E-state index contributed by atoms with van der Waals surface area (Å²) in [7, 11) is 0. The van der Waals surface area contributed by atoms with Crippen LogP contribution in [-0.2, 0) is 4.79 Å². The summed E-state index contributed by atoms with van der Waals surface area (Å²) in [5, 5.41) is 0. The summed E-state index contributed by atoms with van der Waals surface area (Å²) < 4.78 is 0. The van der Waals surface area contributed by atoms with Gasteiger partial charge >= 0.3 is 0 Å². The molecule has 1 heterocycles. The number of carbonyl (C=O) groups is 1. The lowest BCUT2D eigenvalue weighted by molar-refractivity contribution is -0.121. The van der Waals surface area contributed by atoms with Crippen LogP contribution < -0.4 is 11.5 Å². The Balaban J connectivity index is 2.20. The van der Waals surface area contributed by atoms with Gasteiger partial charge in [0, 0.05) is 18.6 Å². The van der Waals surface area contributed by atoms with Crippen molar-refractivity contribution in [3.05, 3.63) is 35.4 Å². The number of primary amides is 1. The molecule has 1 fully saturated rings. The van der Waals surface area contributed by atoms with E-state index >= 15 is 0 Å². The van der Waals surface area contributed by atoms with Crippen molar-refractivity contribution in [1.82, 2.24) is 4.90 Å². The standard InChI is InChI=1S/C16H25N3O/c1-3-14(17)15(12-6-4-11(2)5-7-12)19-9-8-13(10-19)16(18)20/h4-7,13-15H,3,8-10,17H2,1-2H3,(H2,18,20). The SMILES string of the molecule is CCC(N)C(c1ccc(C)cc1)N1CCC(C(N)=O)C1. The Bertz CT molecular complexity index is 457. The van der Waals surface area contributed by atoms with E-state index in [1.807, 2.05) is 0 Å². The van der Waals surface area contributed by atoms with Gasteiger partial charge in [-0.3, -0.25) is 9.69 Å². The molecular weight excluding hydrogens is 250 g/mol. The topological polar surface area (TPSA) is 72.3 Å². The molecule has 110 valence electrons. The lowest BCUT2D eigenvalue weighted by Crippen LogP contribution is -2.40. The highest BCUT2D eigenvalue weighted by atomic mass is 16.1. The highest BCUT2D eigenvalue weighted by molar-refractivity contribution is 5.77. The average molecular weight is 275 g/mol. The Kier molecular flexibility index (Phi) is 4.78. The van der Waals surface area contributed by atoms with Crippen molar-refractivity contribution in [2.45, 2.75) is 38.8 Å². The predicted molar refractivity (Wildman–Crippen MR) is 81.1 cm³/mol. The Hall–Kier alpha value is -1.39. The van der Waals surface area contributed by atoms with Gasteiger partial charge in [0.15, 0.2) is 0 Å². The number of aryl methyl sites for hydroxylation is 1. The maximum Gasteiger partial charge on any atom is 0.221 e. The van der Waals surface area contributed by atoms with Crippen LogP contribution in [0.5, 0.6) is 0 Å². The summed E-state index contributed by atoms with van der Waals surface area (Å²) in [6.45, 7) is 5.80. The van der Waals surface area contributed by atoms with Crippen LogP contribution in [0.25, 0.3) is 0 Å². The molecular formula is C16H25N3O. The number of hydrogen-bond donors (Lipinski definition) is 2. The average Bonchev–Trinajstić information content (AvgIpc) is 2.90. The molecule has 3 atom stereocenters. The number of hydrogen-bond acceptors (Lipinski definition) is 3. The first kappa shape index (κ1) is 15.0. The zero-order chi connectivity index (χ0) is 14.7. The van der Waals surface area contributed by atoms with Crippen molar-refractivity contribution in [1.29, 1.82) is 0 Å². The summed E-state index contributed by atoms with van der Waals surface area (Å²) >= 11 is 0. The number of benzene rings is 1. The van der Waals surface area contributed by atoms with Crippen LogP contribution in [0.3, 0.4) is 0 Å². The summed E-state index contributed by atoms with van der Waals surface area (Å²) in [5.74, 6) is -0.229.